The first-order valence-electron chi connectivity index (χ1n) is 10.7. The van der Waals surface area contributed by atoms with Crippen molar-refractivity contribution in [2.75, 3.05) is 20.3 Å². The highest BCUT2D eigenvalue weighted by molar-refractivity contribution is 5.94. The van der Waals surface area contributed by atoms with E-state index in [1.54, 1.807) is 7.11 Å². The van der Waals surface area contributed by atoms with Crippen LogP contribution in [0.2, 0.25) is 0 Å². The monoisotopic (exact) mass is 429 g/mol. The number of ether oxygens (including phenoxy) is 2. The average Bonchev–Trinajstić information content (AvgIpc) is 3.17. The zero-order valence-electron chi connectivity index (χ0n) is 18.4. The van der Waals surface area contributed by atoms with E-state index in [9.17, 15) is 4.79 Å². The molecule has 164 valence electrons. The van der Waals surface area contributed by atoms with Crippen LogP contribution in [0.25, 0.3) is 11.0 Å². The molecule has 1 aromatic heterocycles. The number of hydrogen-bond acceptors (Lipinski definition) is 4. The van der Waals surface area contributed by atoms with Crippen molar-refractivity contribution in [1.29, 1.82) is 0 Å². The predicted octanol–water partition coefficient (Wildman–Crippen LogP) is 4.40. The van der Waals surface area contributed by atoms with Crippen LogP contribution in [-0.4, -0.2) is 35.7 Å². The van der Waals surface area contributed by atoms with Crippen LogP contribution in [-0.2, 0) is 13.0 Å². The summed E-state index contributed by atoms with van der Waals surface area (Å²) in [5.41, 5.74) is 3.78. The Labute approximate surface area is 187 Å². The summed E-state index contributed by atoms with van der Waals surface area (Å²) < 4.78 is 13.5. The minimum atomic E-state index is -0.0767. The molecule has 0 saturated heterocycles. The number of amides is 1. The van der Waals surface area contributed by atoms with Gasteiger partial charge in [-0.1, -0.05) is 42.0 Å². The third-order valence-electron chi connectivity index (χ3n) is 5.32. The van der Waals surface area contributed by atoms with E-state index >= 15 is 0 Å². The molecule has 0 radical (unpaired) electrons. The lowest BCUT2D eigenvalue weighted by atomic mass is 10.1. The fraction of sp³-hybridized carbons (Fsp3) is 0.231. The lowest BCUT2D eigenvalue weighted by Gasteiger charge is -2.13. The molecule has 0 saturated carbocycles. The molecule has 0 aliphatic heterocycles. The maximum absolute atomic E-state index is 12.4. The van der Waals surface area contributed by atoms with Crippen molar-refractivity contribution in [3.63, 3.8) is 0 Å². The second-order valence-electron chi connectivity index (χ2n) is 7.54. The molecule has 1 N–H and O–H groups in total. The number of carbonyl (C=O) groups excluding carboxylic acids is 1. The molecule has 0 atom stereocenters. The molecule has 4 rings (SSSR count). The summed E-state index contributed by atoms with van der Waals surface area (Å²) in [7, 11) is 1.63. The number of fused-ring (bicyclic) bond motifs is 1. The zero-order valence-corrected chi connectivity index (χ0v) is 18.4. The molecule has 0 fully saturated rings. The lowest BCUT2D eigenvalue weighted by Crippen LogP contribution is -2.26. The molecule has 6 nitrogen and oxygen atoms in total. The summed E-state index contributed by atoms with van der Waals surface area (Å²) >= 11 is 0. The number of carbonyl (C=O) groups is 1. The first-order valence-corrected chi connectivity index (χ1v) is 10.7. The lowest BCUT2D eigenvalue weighted by molar-refractivity contribution is 0.0954. The van der Waals surface area contributed by atoms with Gasteiger partial charge in [-0.3, -0.25) is 4.79 Å². The number of para-hydroxylation sites is 4. The number of imidazole rings is 1. The largest absolute Gasteiger partial charge is 0.493 e. The third kappa shape index (κ3) is 4.91. The zero-order chi connectivity index (χ0) is 22.3. The topological polar surface area (TPSA) is 65.4 Å². The summed E-state index contributed by atoms with van der Waals surface area (Å²) in [6.45, 7) is 3.62. The Morgan fingerprint density at radius 3 is 2.47 bits per heavy atom. The molecular formula is C26H27N3O3. The van der Waals surface area contributed by atoms with Gasteiger partial charge in [0.2, 0.25) is 0 Å². The van der Waals surface area contributed by atoms with Crippen LogP contribution in [0.1, 0.15) is 21.7 Å². The Balaban J connectivity index is 1.43. The molecule has 0 aliphatic carbocycles. The Kier molecular flexibility index (Phi) is 6.70. The van der Waals surface area contributed by atoms with Gasteiger partial charge in [-0.15, -0.1) is 0 Å². The molecule has 0 spiro atoms. The molecule has 1 amide bonds. The van der Waals surface area contributed by atoms with Gasteiger partial charge in [-0.05, 0) is 43.3 Å². The summed E-state index contributed by atoms with van der Waals surface area (Å²) in [6, 6.07) is 23.2. The van der Waals surface area contributed by atoms with E-state index in [4.69, 9.17) is 14.5 Å². The molecule has 0 bridgehead atoms. The van der Waals surface area contributed by atoms with Gasteiger partial charge in [-0.2, -0.15) is 0 Å². The van der Waals surface area contributed by atoms with Crippen molar-refractivity contribution in [1.82, 2.24) is 14.9 Å². The molecule has 3 aromatic carbocycles. The molecule has 4 aromatic rings. The first-order chi connectivity index (χ1) is 15.7. The van der Waals surface area contributed by atoms with Gasteiger partial charge in [0.15, 0.2) is 11.5 Å². The summed E-state index contributed by atoms with van der Waals surface area (Å²) in [5.74, 6) is 2.26. The highest BCUT2D eigenvalue weighted by atomic mass is 16.5. The highest BCUT2D eigenvalue weighted by Gasteiger charge is 2.12. The SMILES string of the molecule is COc1ccccc1OCCn1c(CCNC(=O)c2ccc(C)cc2)nc2ccccc21. The van der Waals surface area contributed by atoms with Crippen LogP contribution in [0.4, 0.5) is 0 Å². The number of nitrogens with one attached hydrogen (secondary N) is 1. The number of hydrogen-bond donors (Lipinski definition) is 1. The van der Waals surface area contributed by atoms with Gasteiger partial charge < -0.3 is 19.4 Å². The van der Waals surface area contributed by atoms with Crippen molar-refractivity contribution >= 4 is 16.9 Å². The van der Waals surface area contributed by atoms with E-state index in [0.29, 0.717) is 43.2 Å². The van der Waals surface area contributed by atoms with E-state index < -0.39 is 0 Å². The van der Waals surface area contributed by atoms with Crippen molar-refractivity contribution in [2.24, 2.45) is 0 Å². The maximum atomic E-state index is 12.4. The Morgan fingerprint density at radius 2 is 1.69 bits per heavy atom. The van der Waals surface area contributed by atoms with E-state index in [2.05, 4.69) is 16.0 Å². The van der Waals surface area contributed by atoms with Gasteiger partial charge in [0.25, 0.3) is 5.91 Å². The van der Waals surface area contributed by atoms with Gasteiger partial charge in [-0.25, -0.2) is 4.98 Å². The maximum Gasteiger partial charge on any atom is 0.251 e. The van der Waals surface area contributed by atoms with Gasteiger partial charge in [0, 0.05) is 18.5 Å². The van der Waals surface area contributed by atoms with Crippen molar-refractivity contribution in [3.05, 3.63) is 89.7 Å². The smallest absolute Gasteiger partial charge is 0.251 e. The molecule has 0 aliphatic rings. The summed E-state index contributed by atoms with van der Waals surface area (Å²) in [5, 5.41) is 3.00. The summed E-state index contributed by atoms with van der Waals surface area (Å²) in [6.07, 6.45) is 0.626. The van der Waals surface area contributed by atoms with Crippen LogP contribution in [0, 0.1) is 6.92 Å². The van der Waals surface area contributed by atoms with E-state index in [0.717, 1.165) is 22.4 Å². The van der Waals surface area contributed by atoms with E-state index in [1.165, 1.54) is 0 Å². The Hall–Kier alpha value is -3.80. The van der Waals surface area contributed by atoms with Crippen LogP contribution >= 0.6 is 0 Å². The number of nitrogens with zero attached hydrogens (tertiary/aromatic N) is 2. The number of benzene rings is 3. The minimum Gasteiger partial charge on any atom is -0.493 e. The van der Waals surface area contributed by atoms with E-state index in [-0.39, 0.29) is 5.91 Å². The van der Waals surface area contributed by atoms with Crippen molar-refractivity contribution in [3.8, 4) is 11.5 Å². The Bertz CT molecular complexity index is 1200. The second kappa shape index (κ2) is 10.0. The first kappa shape index (κ1) is 21.4. The van der Waals surface area contributed by atoms with Gasteiger partial charge in [0.1, 0.15) is 12.4 Å². The van der Waals surface area contributed by atoms with Crippen molar-refractivity contribution in [2.45, 2.75) is 19.9 Å². The molecule has 32 heavy (non-hydrogen) atoms. The number of aromatic nitrogens is 2. The Morgan fingerprint density at radius 1 is 0.969 bits per heavy atom. The van der Waals surface area contributed by atoms with Crippen LogP contribution in [0.5, 0.6) is 11.5 Å². The van der Waals surface area contributed by atoms with Gasteiger partial charge in [0.05, 0.1) is 24.7 Å². The highest BCUT2D eigenvalue weighted by Crippen LogP contribution is 2.26. The standard InChI is InChI=1S/C26H27N3O3/c1-19-11-13-20(14-12-19)26(30)27-16-15-25-28-21-7-3-4-8-22(21)29(25)17-18-32-24-10-6-5-9-23(24)31-2/h3-14H,15-18H2,1-2H3,(H,27,30). The third-order valence-corrected chi connectivity index (χ3v) is 5.32. The van der Waals surface area contributed by atoms with Gasteiger partial charge >= 0.3 is 0 Å². The van der Waals surface area contributed by atoms with Crippen LogP contribution in [0.15, 0.2) is 72.8 Å². The van der Waals surface area contributed by atoms with E-state index in [1.807, 2.05) is 73.7 Å². The number of rotatable bonds is 9. The normalized spacial score (nSPS) is 10.8. The molecule has 6 heteroatoms. The quantitative estimate of drug-likeness (QED) is 0.428. The molecule has 0 unspecified atom stereocenters. The minimum absolute atomic E-state index is 0.0767. The average molecular weight is 430 g/mol. The fourth-order valence-electron chi connectivity index (χ4n) is 3.65. The number of methoxy groups -OCH3 is 1. The second-order valence-corrected chi connectivity index (χ2v) is 7.54. The van der Waals surface area contributed by atoms with Crippen molar-refractivity contribution < 1.29 is 14.3 Å². The fourth-order valence-corrected chi connectivity index (χ4v) is 3.65. The van der Waals surface area contributed by atoms with Crippen LogP contribution in [0.3, 0.4) is 0 Å². The summed E-state index contributed by atoms with van der Waals surface area (Å²) in [4.78, 5) is 17.2. The van der Waals surface area contributed by atoms with Crippen LogP contribution < -0.4 is 14.8 Å². The molecule has 1 heterocycles. The molecular weight excluding hydrogens is 402 g/mol. The predicted molar refractivity (Wildman–Crippen MR) is 125 cm³/mol. The number of aryl methyl sites for hydroxylation is 1.